The van der Waals surface area contributed by atoms with Crippen molar-refractivity contribution in [3.05, 3.63) is 29.3 Å². The van der Waals surface area contributed by atoms with Gasteiger partial charge in [0.15, 0.2) is 0 Å². The third-order valence-corrected chi connectivity index (χ3v) is 3.35. The van der Waals surface area contributed by atoms with Crippen molar-refractivity contribution in [2.45, 2.75) is 39.5 Å². The standard InChI is InChI=1S/C15H25NO/c1-5-12(10-16)8-13-6-7-15(17-4)14(9-13)11(2)3/h6-7,9,11-12H,5,8,10,16H2,1-4H3. The molecule has 0 aromatic heterocycles. The number of methoxy groups -OCH3 is 1. The van der Waals surface area contributed by atoms with Crippen LogP contribution >= 0.6 is 0 Å². The lowest BCUT2D eigenvalue weighted by Crippen LogP contribution is -2.16. The van der Waals surface area contributed by atoms with Crippen LogP contribution < -0.4 is 10.5 Å². The van der Waals surface area contributed by atoms with Crippen molar-refractivity contribution in [2.24, 2.45) is 11.7 Å². The number of ether oxygens (including phenoxy) is 1. The molecule has 0 aliphatic heterocycles. The number of benzene rings is 1. The summed E-state index contributed by atoms with van der Waals surface area (Å²) in [6.45, 7) is 7.35. The highest BCUT2D eigenvalue weighted by atomic mass is 16.5. The Balaban J connectivity index is 2.91. The van der Waals surface area contributed by atoms with Crippen LogP contribution in [0.3, 0.4) is 0 Å². The molecule has 0 amide bonds. The van der Waals surface area contributed by atoms with Crippen LogP contribution in [-0.4, -0.2) is 13.7 Å². The molecule has 0 aliphatic carbocycles. The second-order valence-electron chi connectivity index (χ2n) is 4.95. The molecule has 96 valence electrons. The predicted molar refractivity (Wildman–Crippen MR) is 73.6 cm³/mol. The lowest BCUT2D eigenvalue weighted by atomic mass is 9.93. The van der Waals surface area contributed by atoms with E-state index in [-0.39, 0.29) is 0 Å². The Bertz CT molecular complexity index is 343. The highest BCUT2D eigenvalue weighted by Crippen LogP contribution is 2.28. The average molecular weight is 235 g/mol. The van der Waals surface area contributed by atoms with Gasteiger partial charge in [-0.15, -0.1) is 0 Å². The van der Waals surface area contributed by atoms with E-state index in [0.29, 0.717) is 11.8 Å². The number of rotatable bonds is 6. The summed E-state index contributed by atoms with van der Waals surface area (Å²) in [6, 6.07) is 6.50. The van der Waals surface area contributed by atoms with Crippen molar-refractivity contribution in [3.63, 3.8) is 0 Å². The summed E-state index contributed by atoms with van der Waals surface area (Å²) in [5.74, 6) is 2.07. The van der Waals surface area contributed by atoms with E-state index in [1.54, 1.807) is 7.11 Å². The van der Waals surface area contributed by atoms with Crippen LogP contribution in [0, 0.1) is 5.92 Å². The maximum absolute atomic E-state index is 5.76. The van der Waals surface area contributed by atoms with Gasteiger partial charge >= 0.3 is 0 Å². The van der Waals surface area contributed by atoms with Crippen molar-refractivity contribution in [1.29, 1.82) is 0 Å². The predicted octanol–water partition coefficient (Wildman–Crippen LogP) is 3.35. The molecule has 1 rings (SSSR count). The van der Waals surface area contributed by atoms with Gasteiger partial charge in [-0.1, -0.05) is 39.3 Å². The SMILES string of the molecule is CCC(CN)Cc1ccc(OC)c(C(C)C)c1. The Morgan fingerprint density at radius 3 is 2.47 bits per heavy atom. The fourth-order valence-electron chi connectivity index (χ4n) is 2.09. The van der Waals surface area contributed by atoms with E-state index >= 15 is 0 Å². The maximum atomic E-state index is 5.76. The summed E-state index contributed by atoms with van der Waals surface area (Å²) < 4.78 is 5.39. The zero-order valence-electron chi connectivity index (χ0n) is 11.5. The van der Waals surface area contributed by atoms with Gasteiger partial charge in [-0.2, -0.15) is 0 Å². The van der Waals surface area contributed by atoms with Crippen LogP contribution in [0.25, 0.3) is 0 Å². The molecule has 1 unspecified atom stereocenters. The van der Waals surface area contributed by atoms with E-state index in [4.69, 9.17) is 10.5 Å². The van der Waals surface area contributed by atoms with Crippen LogP contribution in [0.2, 0.25) is 0 Å². The van der Waals surface area contributed by atoms with Gasteiger partial charge in [0, 0.05) is 0 Å². The summed E-state index contributed by atoms with van der Waals surface area (Å²) in [7, 11) is 1.73. The topological polar surface area (TPSA) is 35.2 Å². The summed E-state index contributed by atoms with van der Waals surface area (Å²) >= 11 is 0. The minimum Gasteiger partial charge on any atom is -0.496 e. The largest absolute Gasteiger partial charge is 0.496 e. The summed E-state index contributed by atoms with van der Waals surface area (Å²) in [4.78, 5) is 0. The van der Waals surface area contributed by atoms with E-state index in [1.165, 1.54) is 11.1 Å². The molecule has 1 atom stereocenters. The fraction of sp³-hybridized carbons (Fsp3) is 0.600. The molecule has 0 fully saturated rings. The Labute approximate surface area is 105 Å². The van der Waals surface area contributed by atoms with E-state index in [2.05, 4.69) is 39.0 Å². The average Bonchev–Trinajstić information content (AvgIpc) is 2.35. The summed E-state index contributed by atoms with van der Waals surface area (Å²) in [5.41, 5.74) is 8.42. The monoisotopic (exact) mass is 235 g/mol. The molecule has 1 aromatic carbocycles. The first kappa shape index (κ1) is 14.0. The van der Waals surface area contributed by atoms with Gasteiger partial charge in [0.05, 0.1) is 7.11 Å². The van der Waals surface area contributed by atoms with E-state index < -0.39 is 0 Å². The van der Waals surface area contributed by atoms with Gasteiger partial charge in [0.1, 0.15) is 5.75 Å². The molecular formula is C15H25NO. The first-order valence-corrected chi connectivity index (χ1v) is 6.49. The van der Waals surface area contributed by atoms with Crippen LogP contribution in [0.1, 0.15) is 44.2 Å². The van der Waals surface area contributed by atoms with Crippen molar-refractivity contribution < 1.29 is 4.74 Å². The van der Waals surface area contributed by atoms with Crippen LogP contribution in [0.15, 0.2) is 18.2 Å². The second kappa shape index (κ2) is 6.65. The van der Waals surface area contributed by atoms with Gasteiger partial charge in [-0.3, -0.25) is 0 Å². The Kier molecular flexibility index (Phi) is 5.49. The molecule has 0 bridgehead atoms. The number of hydrogen-bond acceptors (Lipinski definition) is 2. The van der Waals surface area contributed by atoms with Crippen molar-refractivity contribution >= 4 is 0 Å². The van der Waals surface area contributed by atoms with E-state index in [1.807, 2.05) is 0 Å². The molecule has 0 spiro atoms. The van der Waals surface area contributed by atoms with Gasteiger partial charge in [0.2, 0.25) is 0 Å². The highest BCUT2D eigenvalue weighted by Gasteiger charge is 2.10. The summed E-state index contributed by atoms with van der Waals surface area (Å²) in [6.07, 6.45) is 2.20. The van der Waals surface area contributed by atoms with Gasteiger partial charge in [-0.05, 0) is 42.0 Å². The summed E-state index contributed by atoms with van der Waals surface area (Å²) in [5, 5.41) is 0. The zero-order chi connectivity index (χ0) is 12.8. The zero-order valence-corrected chi connectivity index (χ0v) is 11.5. The Morgan fingerprint density at radius 1 is 1.29 bits per heavy atom. The molecule has 0 aliphatic rings. The molecule has 0 saturated heterocycles. The van der Waals surface area contributed by atoms with Gasteiger partial charge in [-0.25, -0.2) is 0 Å². The molecule has 0 radical (unpaired) electrons. The van der Waals surface area contributed by atoms with Crippen LogP contribution in [0.4, 0.5) is 0 Å². The molecule has 2 N–H and O–H groups in total. The van der Waals surface area contributed by atoms with Gasteiger partial charge < -0.3 is 10.5 Å². The highest BCUT2D eigenvalue weighted by molar-refractivity contribution is 5.39. The third-order valence-electron chi connectivity index (χ3n) is 3.35. The minimum atomic E-state index is 0.489. The van der Waals surface area contributed by atoms with Crippen molar-refractivity contribution in [2.75, 3.05) is 13.7 Å². The molecular weight excluding hydrogens is 210 g/mol. The molecule has 0 saturated carbocycles. The molecule has 17 heavy (non-hydrogen) atoms. The maximum Gasteiger partial charge on any atom is 0.122 e. The number of nitrogens with two attached hydrogens (primary N) is 1. The minimum absolute atomic E-state index is 0.489. The van der Waals surface area contributed by atoms with Gasteiger partial charge in [0.25, 0.3) is 0 Å². The van der Waals surface area contributed by atoms with Crippen LogP contribution in [0.5, 0.6) is 5.75 Å². The third kappa shape index (κ3) is 3.74. The fourth-order valence-corrected chi connectivity index (χ4v) is 2.09. The van der Waals surface area contributed by atoms with Crippen LogP contribution in [-0.2, 0) is 6.42 Å². The molecule has 1 aromatic rings. The molecule has 2 heteroatoms. The quantitative estimate of drug-likeness (QED) is 0.820. The lowest BCUT2D eigenvalue weighted by Gasteiger charge is -2.16. The second-order valence-corrected chi connectivity index (χ2v) is 4.95. The van der Waals surface area contributed by atoms with E-state index in [9.17, 15) is 0 Å². The smallest absolute Gasteiger partial charge is 0.122 e. The first-order chi connectivity index (χ1) is 8.12. The first-order valence-electron chi connectivity index (χ1n) is 6.49. The van der Waals surface area contributed by atoms with Crippen molar-refractivity contribution in [3.8, 4) is 5.75 Å². The molecule has 2 nitrogen and oxygen atoms in total. The lowest BCUT2D eigenvalue weighted by molar-refractivity contribution is 0.407. The van der Waals surface area contributed by atoms with Crippen molar-refractivity contribution in [1.82, 2.24) is 0 Å². The number of hydrogen-bond donors (Lipinski definition) is 1. The Hall–Kier alpha value is -1.02. The van der Waals surface area contributed by atoms with E-state index in [0.717, 1.165) is 25.1 Å². The molecule has 0 heterocycles. The normalized spacial score (nSPS) is 12.8. The Morgan fingerprint density at radius 2 is 2.00 bits per heavy atom.